The zero-order valence-corrected chi connectivity index (χ0v) is 15.9. The second-order valence-electron chi connectivity index (χ2n) is 7.16. The molecule has 1 saturated carbocycles. The SMILES string of the molecule is Cc1nc(Nc2ccc(NC(=O)C3CCCCC3)cc2)cc(-n2ccnc2)n1. The van der Waals surface area contributed by atoms with Crippen LogP contribution < -0.4 is 10.6 Å². The van der Waals surface area contributed by atoms with E-state index in [1.54, 1.807) is 12.5 Å². The van der Waals surface area contributed by atoms with E-state index in [2.05, 4.69) is 25.6 Å². The van der Waals surface area contributed by atoms with E-state index in [0.717, 1.165) is 42.9 Å². The van der Waals surface area contributed by atoms with Crippen LogP contribution in [-0.2, 0) is 4.79 Å². The quantitative estimate of drug-likeness (QED) is 0.696. The van der Waals surface area contributed by atoms with Crippen molar-refractivity contribution in [2.75, 3.05) is 10.6 Å². The molecule has 1 aliphatic carbocycles. The number of amides is 1. The molecule has 0 unspecified atom stereocenters. The van der Waals surface area contributed by atoms with Gasteiger partial charge in [0.2, 0.25) is 5.91 Å². The maximum absolute atomic E-state index is 12.4. The molecule has 28 heavy (non-hydrogen) atoms. The lowest BCUT2D eigenvalue weighted by molar-refractivity contribution is -0.120. The molecule has 144 valence electrons. The molecule has 2 aromatic heterocycles. The number of carbonyl (C=O) groups excluding carboxylic acids is 1. The van der Waals surface area contributed by atoms with Gasteiger partial charge in [-0.05, 0) is 44.0 Å². The summed E-state index contributed by atoms with van der Waals surface area (Å²) in [6, 6.07) is 9.56. The van der Waals surface area contributed by atoms with Crippen LogP contribution in [0.3, 0.4) is 0 Å². The van der Waals surface area contributed by atoms with Gasteiger partial charge in [0.1, 0.15) is 23.8 Å². The average Bonchev–Trinajstić information content (AvgIpc) is 3.25. The molecule has 7 nitrogen and oxygen atoms in total. The lowest BCUT2D eigenvalue weighted by Crippen LogP contribution is -2.24. The first-order valence-electron chi connectivity index (χ1n) is 9.69. The number of hydrogen-bond acceptors (Lipinski definition) is 5. The van der Waals surface area contributed by atoms with Crippen LogP contribution >= 0.6 is 0 Å². The Hall–Kier alpha value is -3.22. The predicted octanol–water partition coefficient (Wildman–Crippen LogP) is 4.23. The average molecular weight is 376 g/mol. The van der Waals surface area contributed by atoms with Crippen LogP contribution in [0.2, 0.25) is 0 Å². The molecule has 0 atom stereocenters. The fourth-order valence-electron chi connectivity index (χ4n) is 3.54. The summed E-state index contributed by atoms with van der Waals surface area (Å²) >= 11 is 0. The van der Waals surface area contributed by atoms with Gasteiger partial charge in [0.25, 0.3) is 0 Å². The number of imidazole rings is 1. The lowest BCUT2D eigenvalue weighted by atomic mass is 9.88. The molecule has 0 bridgehead atoms. The topological polar surface area (TPSA) is 84.7 Å². The molecule has 7 heteroatoms. The van der Waals surface area contributed by atoms with Gasteiger partial charge in [-0.2, -0.15) is 0 Å². The standard InChI is InChI=1S/C21H24N6O/c1-15-23-19(13-20(24-15)27-12-11-22-14-27)25-17-7-9-18(10-8-17)26-21(28)16-5-3-2-4-6-16/h7-14,16H,2-6H2,1H3,(H,26,28)(H,23,24,25). The maximum Gasteiger partial charge on any atom is 0.227 e. The number of nitrogens with one attached hydrogen (secondary N) is 2. The van der Waals surface area contributed by atoms with E-state index >= 15 is 0 Å². The molecule has 0 spiro atoms. The van der Waals surface area contributed by atoms with Gasteiger partial charge in [-0.25, -0.2) is 15.0 Å². The van der Waals surface area contributed by atoms with E-state index in [1.165, 1.54) is 6.42 Å². The summed E-state index contributed by atoms with van der Waals surface area (Å²) in [5.41, 5.74) is 1.71. The van der Waals surface area contributed by atoms with Crippen LogP contribution in [0.15, 0.2) is 49.1 Å². The summed E-state index contributed by atoms with van der Waals surface area (Å²) in [5.74, 6) is 2.41. The summed E-state index contributed by atoms with van der Waals surface area (Å²) in [7, 11) is 0. The zero-order valence-electron chi connectivity index (χ0n) is 15.9. The highest BCUT2D eigenvalue weighted by molar-refractivity contribution is 5.92. The Morgan fingerprint density at radius 1 is 1.07 bits per heavy atom. The van der Waals surface area contributed by atoms with E-state index in [0.29, 0.717) is 11.6 Å². The largest absolute Gasteiger partial charge is 0.340 e. The van der Waals surface area contributed by atoms with E-state index in [9.17, 15) is 4.79 Å². The van der Waals surface area contributed by atoms with Crippen molar-refractivity contribution in [3.05, 3.63) is 54.9 Å². The number of benzene rings is 1. The second kappa shape index (κ2) is 8.21. The fourth-order valence-corrected chi connectivity index (χ4v) is 3.54. The van der Waals surface area contributed by atoms with Crippen LogP contribution in [0, 0.1) is 12.8 Å². The number of aromatic nitrogens is 4. The highest BCUT2D eigenvalue weighted by atomic mass is 16.1. The Balaban J connectivity index is 1.42. The van der Waals surface area contributed by atoms with Crippen molar-refractivity contribution < 1.29 is 4.79 Å². The molecule has 0 aliphatic heterocycles. The Bertz CT molecular complexity index is 930. The Kier molecular flexibility index (Phi) is 5.32. The summed E-state index contributed by atoms with van der Waals surface area (Å²) < 4.78 is 1.84. The summed E-state index contributed by atoms with van der Waals surface area (Å²) in [6.07, 6.45) is 10.8. The molecule has 1 amide bonds. The van der Waals surface area contributed by atoms with Gasteiger partial charge in [-0.15, -0.1) is 0 Å². The third kappa shape index (κ3) is 4.36. The van der Waals surface area contributed by atoms with Gasteiger partial charge in [0.15, 0.2) is 0 Å². The number of rotatable bonds is 5. The molecular weight excluding hydrogens is 352 g/mol. The minimum atomic E-state index is 0.136. The second-order valence-corrected chi connectivity index (χ2v) is 7.16. The number of carbonyl (C=O) groups is 1. The number of aryl methyl sites for hydroxylation is 1. The monoisotopic (exact) mass is 376 g/mol. The van der Waals surface area contributed by atoms with Crippen molar-refractivity contribution in [3.8, 4) is 5.82 Å². The molecule has 2 N–H and O–H groups in total. The van der Waals surface area contributed by atoms with Gasteiger partial charge in [0, 0.05) is 35.8 Å². The smallest absolute Gasteiger partial charge is 0.227 e. The molecule has 0 radical (unpaired) electrons. The predicted molar refractivity (Wildman–Crippen MR) is 109 cm³/mol. The molecule has 2 heterocycles. The Labute approximate surface area is 164 Å². The molecular formula is C21H24N6O. The van der Waals surface area contributed by atoms with Crippen LogP contribution in [-0.4, -0.2) is 25.4 Å². The Morgan fingerprint density at radius 3 is 2.54 bits per heavy atom. The fraction of sp³-hybridized carbons (Fsp3) is 0.333. The third-order valence-electron chi connectivity index (χ3n) is 4.99. The molecule has 0 saturated heterocycles. The van der Waals surface area contributed by atoms with Crippen molar-refractivity contribution >= 4 is 23.1 Å². The first-order valence-corrected chi connectivity index (χ1v) is 9.69. The summed E-state index contributed by atoms with van der Waals surface area (Å²) in [5, 5.41) is 6.33. The van der Waals surface area contributed by atoms with E-state index < -0.39 is 0 Å². The normalized spacial score (nSPS) is 14.6. The third-order valence-corrected chi connectivity index (χ3v) is 4.99. The van der Waals surface area contributed by atoms with E-state index in [4.69, 9.17) is 0 Å². The molecule has 3 aromatic rings. The van der Waals surface area contributed by atoms with Gasteiger partial charge < -0.3 is 10.6 Å². The lowest BCUT2D eigenvalue weighted by Gasteiger charge is -2.20. The molecule has 1 fully saturated rings. The number of hydrogen-bond donors (Lipinski definition) is 2. The maximum atomic E-state index is 12.4. The highest BCUT2D eigenvalue weighted by Crippen LogP contribution is 2.25. The first-order chi connectivity index (χ1) is 13.7. The van der Waals surface area contributed by atoms with E-state index in [1.807, 2.05) is 48.0 Å². The van der Waals surface area contributed by atoms with Crippen molar-refractivity contribution in [2.24, 2.45) is 5.92 Å². The van der Waals surface area contributed by atoms with Crippen molar-refractivity contribution in [1.29, 1.82) is 0 Å². The van der Waals surface area contributed by atoms with Crippen molar-refractivity contribution in [2.45, 2.75) is 39.0 Å². The van der Waals surface area contributed by atoms with Crippen molar-refractivity contribution in [1.82, 2.24) is 19.5 Å². The highest BCUT2D eigenvalue weighted by Gasteiger charge is 2.20. The minimum absolute atomic E-state index is 0.136. The number of anilines is 3. The molecule has 1 aromatic carbocycles. The first kappa shape index (κ1) is 18.2. The molecule has 4 rings (SSSR count). The van der Waals surface area contributed by atoms with Gasteiger partial charge in [-0.3, -0.25) is 9.36 Å². The van der Waals surface area contributed by atoms with Crippen LogP contribution in [0.4, 0.5) is 17.2 Å². The van der Waals surface area contributed by atoms with Gasteiger partial charge >= 0.3 is 0 Å². The molecule has 1 aliphatic rings. The summed E-state index contributed by atoms with van der Waals surface area (Å²) in [6.45, 7) is 1.86. The number of nitrogens with zero attached hydrogens (tertiary/aromatic N) is 4. The minimum Gasteiger partial charge on any atom is -0.340 e. The van der Waals surface area contributed by atoms with Crippen LogP contribution in [0.25, 0.3) is 5.82 Å². The summed E-state index contributed by atoms with van der Waals surface area (Å²) in [4.78, 5) is 25.3. The van der Waals surface area contributed by atoms with Gasteiger partial charge in [-0.1, -0.05) is 19.3 Å². The van der Waals surface area contributed by atoms with Crippen LogP contribution in [0.1, 0.15) is 37.9 Å². The van der Waals surface area contributed by atoms with Gasteiger partial charge in [0.05, 0.1) is 0 Å². The van der Waals surface area contributed by atoms with Crippen LogP contribution in [0.5, 0.6) is 0 Å². The van der Waals surface area contributed by atoms with E-state index in [-0.39, 0.29) is 11.8 Å². The van der Waals surface area contributed by atoms with Crippen molar-refractivity contribution in [3.63, 3.8) is 0 Å². The Morgan fingerprint density at radius 2 is 1.82 bits per heavy atom. The zero-order chi connectivity index (χ0) is 19.3.